The van der Waals surface area contributed by atoms with Crippen LogP contribution < -0.4 is 10.6 Å². The number of benzene rings is 2. The molecule has 158 valence electrons. The molecule has 0 spiro atoms. The van der Waals surface area contributed by atoms with Crippen LogP contribution in [-0.4, -0.2) is 30.6 Å². The maximum Gasteiger partial charge on any atom is 0.315 e. The standard InChI is InChI=1S/C23H20N2O4S2/c1-29-21(26)15-31-18-10-5-9-17(13-18)24-23(28)20(14-19-11-6-12-30-19)25-22(27)16-7-3-2-4-8-16/h2-14H,15H2,1H3,(H,24,28)(H,25,27)/b20-14+. The molecule has 0 aliphatic heterocycles. The SMILES string of the molecule is COC(=O)CSc1cccc(NC(=O)/C(=C\c2cccs2)NC(=O)c2ccccc2)c1. The van der Waals surface area contributed by atoms with Crippen LogP contribution in [0.5, 0.6) is 0 Å². The zero-order valence-corrected chi connectivity index (χ0v) is 18.3. The Kier molecular flexibility index (Phi) is 8.03. The van der Waals surface area contributed by atoms with Gasteiger partial charge in [-0.2, -0.15) is 0 Å². The molecular weight excluding hydrogens is 432 g/mol. The fourth-order valence-corrected chi connectivity index (χ4v) is 3.97. The minimum Gasteiger partial charge on any atom is -0.468 e. The van der Waals surface area contributed by atoms with Gasteiger partial charge in [0, 0.05) is 21.0 Å². The molecule has 0 aliphatic rings. The Balaban J connectivity index is 1.76. The Morgan fingerprint density at radius 1 is 1.03 bits per heavy atom. The molecule has 2 aromatic carbocycles. The van der Waals surface area contributed by atoms with Gasteiger partial charge in [0.2, 0.25) is 0 Å². The summed E-state index contributed by atoms with van der Waals surface area (Å²) in [6.07, 6.45) is 1.64. The summed E-state index contributed by atoms with van der Waals surface area (Å²) < 4.78 is 4.65. The summed E-state index contributed by atoms with van der Waals surface area (Å²) in [6, 6.07) is 19.5. The summed E-state index contributed by atoms with van der Waals surface area (Å²) >= 11 is 2.76. The van der Waals surface area contributed by atoms with E-state index in [1.54, 1.807) is 48.5 Å². The summed E-state index contributed by atoms with van der Waals surface area (Å²) in [5.74, 6) is -0.983. The van der Waals surface area contributed by atoms with Crippen molar-refractivity contribution in [3.8, 4) is 0 Å². The second-order valence-corrected chi connectivity index (χ2v) is 8.27. The Labute approximate surface area is 188 Å². The number of thioether (sulfide) groups is 1. The minimum absolute atomic E-state index is 0.129. The number of hydrogen-bond acceptors (Lipinski definition) is 6. The lowest BCUT2D eigenvalue weighted by atomic mass is 10.2. The highest BCUT2D eigenvalue weighted by Gasteiger charge is 2.15. The second kappa shape index (κ2) is 11.1. The van der Waals surface area contributed by atoms with Crippen molar-refractivity contribution in [3.63, 3.8) is 0 Å². The van der Waals surface area contributed by atoms with Gasteiger partial charge in [0.25, 0.3) is 11.8 Å². The number of ether oxygens (including phenoxy) is 1. The average Bonchev–Trinajstić information content (AvgIpc) is 3.31. The molecule has 0 aliphatic carbocycles. The fourth-order valence-electron chi connectivity index (χ4n) is 2.52. The van der Waals surface area contributed by atoms with Crippen molar-refractivity contribution in [2.24, 2.45) is 0 Å². The van der Waals surface area contributed by atoms with E-state index in [0.717, 1.165) is 9.77 Å². The van der Waals surface area contributed by atoms with Gasteiger partial charge >= 0.3 is 5.97 Å². The quantitative estimate of drug-likeness (QED) is 0.300. The van der Waals surface area contributed by atoms with Crippen LogP contribution in [0, 0.1) is 0 Å². The third-order valence-corrected chi connectivity index (χ3v) is 5.82. The van der Waals surface area contributed by atoms with E-state index in [0.29, 0.717) is 11.3 Å². The number of hydrogen-bond donors (Lipinski definition) is 2. The number of nitrogens with one attached hydrogen (secondary N) is 2. The molecule has 0 saturated heterocycles. The van der Waals surface area contributed by atoms with E-state index >= 15 is 0 Å². The molecule has 2 amide bonds. The predicted octanol–water partition coefficient (Wildman–Crippen LogP) is 4.42. The lowest BCUT2D eigenvalue weighted by Crippen LogP contribution is -2.30. The molecule has 0 bridgehead atoms. The number of rotatable bonds is 8. The van der Waals surface area contributed by atoms with Gasteiger partial charge in [-0.15, -0.1) is 23.1 Å². The van der Waals surface area contributed by atoms with E-state index in [9.17, 15) is 14.4 Å². The Morgan fingerprint density at radius 3 is 2.55 bits per heavy atom. The number of thiophene rings is 1. The van der Waals surface area contributed by atoms with Crippen LogP contribution in [0.4, 0.5) is 5.69 Å². The van der Waals surface area contributed by atoms with Crippen LogP contribution in [0.3, 0.4) is 0 Å². The Morgan fingerprint density at radius 2 is 1.84 bits per heavy atom. The van der Waals surface area contributed by atoms with Crippen molar-refractivity contribution in [1.82, 2.24) is 5.32 Å². The van der Waals surface area contributed by atoms with E-state index in [-0.39, 0.29) is 23.3 Å². The summed E-state index contributed by atoms with van der Waals surface area (Å²) in [7, 11) is 1.34. The van der Waals surface area contributed by atoms with Gasteiger partial charge in [-0.05, 0) is 47.9 Å². The van der Waals surface area contributed by atoms with Gasteiger partial charge in [-0.3, -0.25) is 14.4 Å². The lowest BCUT2D eigenvalue weighted by molar-refractivity contribution is -0.137. The maximum atomic E-state index is 13.0. The highest BCUT2D eigenvalue weighted by atomic mass is 32.2. The Bertz CT molecular complexity index is 1080. The fraction of sp³-hybridized carbons (Fsp3) is 0.0870. The van der Waals surface area contributed by atoms with Crippen LogP contribution >= 0.6 is 23.1 Å². The van der Waals surface area contributed by atoms with Gasteiger partial charge in [0.05, 0.1) is 12.9 Å². The van der Waals surface area contributed by atoms with Crippen LogP contribution in [0.15, 0.2) is 82.7 Å². The topological polar surface area (TPSA) is 84.5 Å². The van der Waals surface area contributed by atoms with Gasteiger partial charge < -0.3 is 15.4 Å². The number of anilines is 1. The first-order valence-corrected chi connectivity index (χ1v) is 11.1. The molecule has 0 unspecified atom stereocenters. The van der Waals surface area contributed by atoms with Gasteiger partial charge in [-0.25, -0.2) is 0 Å². The van der Waals surface area contributed by atoms with Crippen molar-refractivity contribution >= 4 is 52.6 Å². The zero-order chi connectivity index (χ0) is 22.1. The van der Waals surface area contributed by atoms with E-state index in [4.69, 9.17) is 0 Å². The first kappa shape index (κ1) is 22.3. The zero-order valence-electron chi connectivity index (χ0n) is 16.7. The molecule has 3 rings (SSSR count). The Hall–Kier alpha value is -3.36. The molecule has 0 fully saturated rings. The second-order valence-electron chi connectivity index (χ2n) is 6.24. The molecule has 2 N–H and O–H groups in total. The van der Waals surface area contributed by atoms with Crippen molar-refractivity contribution in [1.29, 1.82) is 0 Å². The van der Waals surface area contributed by atoms with E-state index in [2.05, 4.69) is 15.4 Å². The number of amides is 2. The predicted molar refractivity (Wildman–Crippen MR) is 124 cm³/mol. The molecule has 0 saturated carbocycles. The number of carbonyl (C=O) groups is 3. The van der Waals surface area contributed by atoms with Crippen LogP contribution in [-0.2, 0) is 14.3 Å². The van der Waals surface area contributed by atoms with Crippen molar-refractivity contribution in [2.45, 2.75) is 4.90 Å². The highest BCUT2D eigenvalue weighted by Crippen LogP contribution is 2.22. The first-order valence-electron chi connectivity index (χ1n) is 9.28. The summed E-state index contributed by atoms with van der Waals surface area (Å²) in [5.41, 5.74) is 1.13. The van der Waals surface area contributed by atoms with Gasteiger partial charge in [0.1, 0.15) is 5.70 Å². The molecule has 1 heterocycles. The number of methoxy groups -OCH3 is 1. The van der Waals surface area contributed by atoms with E-state index in [1.807, 2.05) is 29.6 Å². The van der Waals surface area contributed by atoms with Crippen molar-refractivity contribution in [2.75, 3.05) is 18.2 Å². The molecule has 0 radical (unpaired) electrons. The van der Waals surface area contributed by atoms with E-state index < -0.39 is 5.91 Å². The molecule has 1 aromatic heterocycles. The van der Waals surface area contributed by atoms with Gasteiger partial charge in [0.15, 0.2) is 0 Å². The average molecular weight is 453 g/mol. The van der Waals surface area contributed by atoms with Crippen molar-refractivity contribution < 1.29 is 19.1 Å². The molecule has 6 nitrogen and oxygen atoms in total. The van der Waals surface area contributed by atoms with E-state index in [1.165, 1.54) is 30.2 Å². The maximum absolute atomic E-state index is 13.0. The third kappa shape index (κ3) is 6.84. The molecule has 3 aromatic rings. The molecular formula is C23H20N2O4S2. The van der Waals surface area contributed by atoms with Crippen LogP contribution in [0.25, 0.3) is 6.08 Å². The summed E-state index contributed by atoms with van der Waals surface area (Å²) in [5, 5.41) is 7.40. The largest absolute Gasteiger partial charge is 0.468 e. The van der Waals surface area contributed by atoms with Crippen LogP contribution in [0.2, 0.25) is 0 Å². The minimum atomic E-state index is -0.451. The van der Waals surface area contributed by atoms with Crippen LogP contribution in [0.1, 0.15) is 15.2 Å². The summed E-state index contributed by atoms with van der Waals surface area (Å²) in [6.45, 7) is 0. The smallest absolute Gasteiger partial charge is 0.315 e. The highest BCUT2D eigenvalue weighted by molar-refractivity contribution is 8.00. The summed E-state index contributed by atoms with van der Waals surface area (Å²) in [4.78, 5) is 38.5. The molecule has 0 atom stereocenters. The molecule has 31 heavy (non-hydrogen) atoms. The molecule has 8 heteroatoms. The first-order chi connectivity index (χ1) is 15.0. The lowest BCUT2D eigenvalue weighted by Gasteiger charge is -2.12. The monoisotopic (exact) mass is 452 g/mol. The number of esters is 1. The van der Waals surface area contributed by atoms with Crippen molar-refractivity contribution in [3.05, 3.63) is 88.2 Å². The third-order valence-electron chi connectivity index (χ3n) is 4.03. The number of carbonyl (C=O) groups excluding carboxylic acids is 3. The van der Waals surface area contributed by atoms with Gasteiger partial charge in [-0.1, -0.05) is 30.3 Å². The normalized spacial score (nSPS) is 10.9.